The summed E-state index contributed by atoms with van der Waals surface area (Å²) in [7, 11) is -2.28. The van der Waals surface area contributed by atoms with E-state index < -0.39 is 27.9 Å². The zero-order valence-corrected chi connectivity index (χ0v) is 16.0. The number of nitrogens with one attached hydrogen (secondary N) is 1. The van der Waals surface area contributed by atoms with Crippen molar-refractivity contribution in [1.29, 1.82) is 0 Å². The highest BCUT2D eigenvalue weighted by molar-refractivity contribution is 7.89. The first-order valence-corrected chi connectivity index (χ1v) is 10.2. The van der Waals surface area contributed by atoms with Crippen LogP contribution >= 0.6 is 11.3 Å². The molecular weight excluding hydrogens is 376 g/mol. The Hall–Kier alpha value is -2.23. The Bertz CT molecular complexity index is 861. The molecule has 0 radical (unpaired) electrons. The summed E-state index contributed by atoms with van der Waals surface area (Å²) in [6.45, 7) is 1.68. The molecule has 7 nitrogen and oxygen atoms in total. The van der Waals surface area contributed by atoms with Crippen molar-refractivity contribution in [3.8, 4) is 0 Å². The van der Waals surface area contributed by atoms with Gasteiger partial charge in [-0.15, -0.1) is 11.3 Å². The Morgan fingerprint density at radius 2 is 1.88 bits per heavy atom. The molecule has 2 rings (SSSR count). The molecule has 0 spiro atoms. The maximum absolute atomic E-state index is 12.3. The summed E-state index contributed by atoms with van der Waals surface area (Å²) in [5.74, 6) is -1.61. The minimum Gasteiger partial charge on any atom is -0.480 e. The predicted molar refractivity (Wildman–Crippen MR) is 98.8 cm³/mol. The van der Waals surface area contributed by atoms with E-state index in [1.165, 1.54) is 38.2 Å². The zero-order chi connectivity index (χ0) is 19.3. The number of aliphatic carboxylic acids is 1. The number of carboxylic acids is 1. The second-order valence-corrected chi connectivity index (χ2v) is 8.48. The third-order valence-corrected chi connectivity index (χ3v) is 6.33. The fraction of sp³-hybridized carbons (Fsp3) is 0.294. The highest BCUT2D eigenvalue weighted by atomic mass is 32.2. The quantitative estimate of drug-likeness (QED) is 0.708. The molecule has 1 aromatic heterocycles. The van der Waals surface area contributed by atoms with Crippen molar-refractivity contribution in [3.05, 3.63) is 52.2 Å². The monoisotopic (exact) mass is 396 g/mol. The second kappa shape index (κ2) is 8.43. The van der Waals surface area contributed by atoms with Crippen molar-refractivity contribution in [2.45, 2.75) is 24.3 Å². The summed E-state index contributed by atoms with van der Waals surface area (Å²) in [6, 6.07) is 8.29. The van der Waals surface area contributed by atoms with Gasteiger partial charge in [0.05, 0.1) is 4.90 Å². The van der Waals surface area contributed by atoms with Crippen molar-refractivity contribution >= 4 is 33.2 Å². The van der Waals surface area contributed by atoms with Crippen LogP contribution in [-0.4, -0.2) is 49.9 Å². The highest BCUT2D eigenvalue weighted by Gasteiger charge is 2.23. The van der Waals surface area contributed by atoms with Crippen molar-refractivity contribution in [2.75, 3.05) is 13.6 Å². The first-order valence-electron chi connectivity index (χ1n) is 7.84. The van der Waals surface area contributed by atoms with Crippen LogP contribution in [-0.2, 0) is 21.2 Å². The molecule has 140 valence electrons. The van der Waals surface area contributed by atoms with Gasteiger partial charge in [0.25, 0.3) is 5.91 Å². The molecule has 2 N–H and O–H groups in total. The van der Waals surface area contributed by atoms with E-state index in [0.29, 0.717) is 6.42 Å². The van der Waals surface area contributed by atoms with Crippen LogP contribution in [0, 0.1) is 0 Å². The summed E-state index contributed by atoms with van der Waals surface area (Å²) < 4.78 is 27.1. The minimum absolute atomic E-state index is 0.0502. The molecule has 0 aliphatic heterocycles. The molecule has 26 heavy (non-hydrogen) atoms. The third-order valence-electron chi connectivity index (χ3n) is 3.91. The number of sulfonamides is 1. The van der Waals surface area contributed by atoms with E-state index in [9.17, 15) is 18.0 Å². The lowest BCUT2D eigenvalue weighted by Gasteiger charge is -2.21. The predicted octanol–water partition coefficient (Wildman–Crippen LogP) is 1.81. The van der Waals surface area contributed by atoms with Crippen LogP contribution in [0.1, 0.15) is 22.2 Å². The number of thiophene rings is 1. The zero-order valence-electron chi connectivity index (χ0n) is 14.4. The number of likely N-dealkylation sites (N-methyl/N-ethyl adjacent to an activating group) is 1. The maximum Gasteiger partial charge on any atom is 0.326 e. The van der Waals surface area contributed by atoms with Gasteiger partial charge in [-0.3, -0.25) is 4.79 Å². The van der Waals surface area contributed by atoms with E-state index in [1.807, 2.05) is 17.5 Å². The van der Waals surface area contributed by atoms with Crippen LogP contribution in [0.3, 0.4) is 0 Å². The first kappa shape index (κ1) is 20.1. The Morgan fingerprint density at radius 3 is 2.42 bits per heavy atom. The number of rotatable bonds is 8. The third kappa shape index (κ3) is 4.90. The van der Waals surface area contributed by atoms with Crippen molar-refractivity contribution < 1.29 is 23.1 Å². The van der Waals surface area contributed by atoms with Gasteiger partial charge in [0.2, 0.25) is 10.0 Å². The lowest BCUT2D eigenvalue weighted by Crippen LogP contribution is -2.40. The van der Waals surface area contributed by atoms with Gasteiger partial charge in [0.1, 0.15) is 6.04 Å². The highest BCUT2D eigenvalue weighted by Crippen LogP contribution is 2.14. The van der Waals surface area contributed by atoms with Gasteiger partial charge < -0.3 is 10.0 Å². The number of amides is 1. The molecule has 0 bridgehead atoms. The van der Waals surface area contributed by atoms with Crippen LogP contribution in [0.2, 0.25) is 0 Å². The van der Waals surface area contributed by atoms with Gasteiger partial charge in [-0.1, -0.05) is 6.07 Å². The molecule has 9 heteroatoms. The number of hydrogen-bond donors (Lipinski definition) is 2. The van der Waals surface area contributed by atoms with E-state index in [-0.39, 0.29) is 17.0 Å². The SMILES string of the molecule is CC(C(=O)O)N(C)C(=O)c1ccc(S(=O)(=O)NCCc2cccs2)cc1. The minimum atomic E-state index is -3.67. The molecule has 0 saturated carbocycles. The Morgan fingerprint density at radius 1 is 1.23 bits per heavy atom. The average molecular weight is 396 g/mol. The normalized spacial score (nSPS) is 12.5. The molecule has 0 aliphatic carbocycles. The summed E-state index contributed by atoms with van der Waals surface area (Å²) in [6.07, 6.45) is 0.603. The Balaban J connectivity index is 2.03. The molecule has 1 heterocycles. The molecule has 1 unspecified atom stereocenters. The number of carboxylic acid groups (broad SMARTS) is 1. The summed E-state index contributed by atoms with van der Waals surface area (Å²) in [5, 5.41) is 10.9. The number of carbonyl (C=O) groups excluding carboxylic acids is 1. The van der Waals surface area contributed by atoms with E-state index in [0.717, 1.165) is 9.78 Å². The van der Waals surface area contributed by atoms with Gasteiger partial charge in [-0.2, -0.15) is 0 Å². The van der Waals surface area contributed by atoms with E-state index >= 15 is 0 Å². The van der Waals surface area contributed by atoms with E-state index in [4.69, 9.17) is 5.11 Å². The smallest absolute Gasteiger partial charge is 0.326 e. The standard InChI is InChI=1S/C17H20N2O5S2/c1-12(17(21)22)19(2)16(20)13-5-7-15(8-6-13)26(23,24)18-10-9-14-4-3-11-25-14/h3-8,11-12,18H,9-10H2,1-2H3,(H,21,22). The molecule has 0 saturated heterocycles. The number of benzene rings is 1. The molecule has 0 aliphatic rings. The van der Waals surface area contributed by atoms with Crippen LogP contribution in [0.25, 0.3) is 0 Å². The average Bonchev–Trinajstić information content (AvgIpc) is 3.13. The fourth-order valence-corrected chi connectivity index (χ4v) is 3.91. The summed E-state index contributed by atoms with van der Waals surface area (Å²) >= 11 is 1.56. The van der Waals surface area contributed by atoms with Crippen molar-refractivity contribution in [1.82, 2.24) is 9.62 Å². The second-order valence-electron chi connectivity index (χ2n) is 5.68. The number of hydrogen-bond acceptors (Lipinski definition) is 5. The lowest BCUT2D eigenvalue weighted by molar-refractivity contribution is -0.141. The van der Waals surface area contributed by atoms with Gasteiger partial charge in [-0.25, -0.2) is 17.9 Å². The van der Waals surface area contributed by atoms with Gasteiger partial charge in [-0.05, 0) is 49.1 Å². The van der Waals surface area contributed by atoms with Crippen LogP contribution in [0.5, 0.6) is 0 Å². The van der Waals surface area contributed by atoms with E-state index in [1.54, 1.807) is 11.3 Å². The molecule has 1 aromatic carbocycles. The first-order chi connectivity index (χ1) is 12.2. The van der Waals surface area contributed by atoms with Gasteiger partial charge in [0, 0.05) is 24.0 Å². The molecular formula is C17H20N2O5S2. The molecule has 1 amide bonds. The molecule has 0 fully saturated rings. The topological polar surface area (TPSA) is 104 Å². The van der Waals surface area contributed by atoms with Crippen LogP contribution in [0.15, 0.2) is 46.7 Å². The van der Waals surface area contributed by atoms with Crippen molar-refractivity contribution in [2.24, 2.45) is 0 Å². The Kier molecular flexibility index (Phi) is 6.52. The lowest BCUT2D eigenvalue weighted by atomic mass is 10.2. The molecule has 1 atom stereocenters. The van der Waals surface area contributed by atoms with E-state index in [2.05, 4.69) is 4.72 Å². The van der Waals surface area contributed by atoms with Crippen molar-refractivity contribution in [3.63, 3.8) is 0 Å². The molecule has 2 aromatic rings. The van der Waals surface area contributed by atoms with Gasteiger partial charge in [0.15, 0.2) is 0 Å². The van der Waals surface area contributed by atoms with Crippen LogP contribution < -0.4 is 4.72 Å². The number of carbonyl (C=O) groups is 2. The largest absolute Gasteiger partial charge is 0.480 e. The van der Waals surface area contributed by atoms with Crippen LogP contribution in [0.4, 0.5) is 0 Å². The summed E-state index contributed by atoms with van der Waals surface area (Å²) in [5.41, 5.74) is 0.220. The maximum atomic E-state index is 12.3. The summed E-state index contributed by atoms with van der Waals surface area (Å²) in [4.78, 5) is 25.4. The number of nitrogens with zero attached hydrogens (tertiary/aromatic N) is 1. The fourth-order valence-electron chi connectivity index (χ4n) is 2.17. The van der Waals surface area contributed by atoms with Gasteiger partial charge >= 0.3 is 5.97 Å². The Labute approximate surface area is 156 Å².